The van der Waals surface area contributed by atoms with Gasteiger partial charge in [-0.1, -0.05) is 13.8 Å². The fourth-order valence-electron chi connectivity index (χ4n) is 3.24. The van der Waals surface area contributed by atoms with Gasteiger partial charge in [0.05, 0.1) is 6.10 Å². The number of aliphatic hydroxyl groups excluding tert-OH is 1. The average molecular weight is 306 g/mol. The van der Waals surface area contributed by atoms with Crippen molar-refractivity contribution < 1.29 is 13.9 Å². The lowest BCUT2D eigenvalue weighted by molar-refractivity contribution is 0.0825. The number of likely N-dealkylation sites (N-methyl/N-ethyl adjacent to an activating group) is 1. The molecular formula is C17H23FN2O2. The molecule has 1 aromatic heterocycles. The van der Waals surface area contributed by atoms with Gasteiger partial charge in [-0.25, -0.2) is 9.37 Å². The number of rotatable bonds is 4. The van der Waals surface area contributed by atoms with Gasteiger partial charge in [0.25, 0.3) is 0 Å². The van der Waals surface area contributed by atoms with Gasteiger partial charge in [-0.3, -0.25) is 4.90 Å². The van der Waals surface area contributed by atoms with Gasteiger partial charge in [-0.05, 0) is 44.0 Å². The molecule has 4 nitrogen and oxygen atoms in total. The average Bonchev–Trinajstić information content (AvgIpc) is 3.04. The molecule has 0 saturated heterocycles. The van der Waals surface area contributed by atoms with Crippen LogP contribution < -0.4 is 0 Å². The minimum Gasteiger partial charge on any atom is -0.437 e. The summed E-state index contributed by atoms with van der Waals surface area (Å²) in [6.45, 7) is 4.54. The van der Waals surface area contributed by atoms with E-state index >= 15 is 0 Å². The maximum absolute atomic E-state index is 14.2. The van der Waals surface area contributed by atoms with E-state index in [1.165, 1.54) is 6.07 Å². The SMILES string of the molecule is CC(C)c1nc2cc(CN(C)[C@H]3CCC[C@@H]3O)cc(F)c2o1. The number of aliphatic hydroxyl groups is 1. The fraction of sp³-hybridized carbons (Fsp3) is 0.588. The van der Waals surface area contributed by atoms with Gasteiger partial charge in [-0.2, -0.15) is 0 Å². The molecule has 1 aromatic carbocycles. The lowest BCUT2D eigenvalue weighted by Crippen LogP contribution is -2.36. The van der Waals surface area contributed by atoms with E-state index in [9.17, 15) is 9.50 Å². The molecular weight excluding hydrogens is 283 g/mol. The monoisotopic (exact) mass is 306 g/mol. The van der Waals surface area contributed by atoms with Gasteiger partial charge in [-0.15, -0.1) is 0 Å². The summed E-state index contributed by atoms with van der Waals surface area (Å²) in [4.78, 5) is 6.48. The normalized spacial score (nSPS) is 22.3. The van der Waals surface area contributed by atoms with Crippen molar-refractivity contribution in [3.8, 4) is 0 Å². The minimum absolute atomic E-state index is 0.131. The van der Waals surface area contributed by atoms with Gasteiger partial charge in [0.2, 0.25) is 0 Å². The summed E-state index contributed by atoms with van der Waals surface area (Å²) in [6.07, 6.45) is 2.61. The Hall–Kier alpha value is -1.46. The lowest BCUT2D eigenvalue weighted by Gasteiger charge is -2.26. The van der Waals surface area contributed by atoms with E-state index in [4.69, 9.17) is 4.42 Å². The molecule has 120 valence electrons. The quantitative estimate of drug-likeness (QED) is 0.940. The summed E-state index contributed by atoms with van der Waals surface area (Å²) in [5.41, 5.74) is 1.66. The molecule has 22 heavy (non-hydrogen) atoms. The highest BCUT2D eigenvalue weighted by atomic mass is 19.1. The Kier molecular flexibility index (Phi) is 4.19. The van der Waals surface area contributed by atoms with E-state index in [2.05, 4.69) is 9.88 Å². The molecule has 1 saturated carbocycles. The van der Waals surface area contributed by atoms with Crippen molar-refractivity contribution in [2.75, 3.05) is 7.05 Å². The zero-order valence-electron chi connectivity index (χ0n) is 13.3. The topological polar surface area (TPSA) is 49.5 Å². The van der Waals surface area contributed by atoms with Crippen molar-refractivity contribution in [2.45, 2.75) is 57.7 Å². The lowest BCUT2D eigenvalue weighted by atomic mass is 10.1. The van der Waals surface area contributed by atoms with Crippen LogP contribution in [0.2, 0.25) is 0 Å². The molecule has 5 heteroatoms. The summed E-state index contributed by atoms with van der Waals surface area (Å²) in [7, 11) is 1.98. The van der Waals surface area contributed by atoms with Crippen LogP contribution in [-0.2, 0) is 6.54 Å². The highest BCUT2D eigenvalue weighted by molar-refractivity contribution is 5.74. The van der Waals surface area contributed by atoms with Gasteiger partial charge >= 0.3 is 0 Å². The highest BCUT2D eigenvalue weighted by Gasteiger charge is 2.28. The Bertz CT molecular complexity index is 668. The van der Waals surface area contributed by atoms with Crippen molar-refractivity contribution in [3.05, 3.63) is 29.4 Å². The van der Waals surface area contributed by atoms with Crippen LogP contribution in [0.25, 0.3) is 11.1 Å². The second-order valence-electron chi connectivity index (χ2n) is 6.61. The molecule has 0 aliphatic heterocycles. The largest absolute Gasteiger partial charge is 0.437 e. The first-order chi connectivity index (χ1) is 10.5. The molecule has 1 heterocycles. The second kappa shape index (κ2) is 5.97. The zero-order valence-corrected chi connectivity index (χ0v) is 13.3. The third-order valence-corrected chi connectivity index (χ3v) is 4.46. The summed E-state index contributed by atoms with van der Waals surface area (Å²) in [5.74, 6) is 0.324. The number of hydrogen-bond acceptors (Lipinski definition) is 4. The number of fused-ring (bicyclic) bond motifs is 1. The van der Waals surface area contributed by atoms with Crippen LogP contribution in [0.4, 0.5) is 4.39 Å². The Balaban J connectivity index is 1.84. The zero-order chi connectivity index (χ0) is 15.9. The molecule has 2 aromatic rings. The maximum Gasteiger partial charge on any atom is 0.198 e. The van der Waals surface area contributed by atoms with Crippen LogP contribution in [0.5, 0.6) is 0 Å². The van der Waals surface area contributed by atoms with Gasteiger partial charge in [0, 0.05) is 18.5 Å². The van der Waals surface area contributed by atoms with Crippen LogP contribution in [-0.4, -0.2) is 34.2 Å². The van der Waals surface area contributed by atoms with Crippen LogP contribution >= 0.6 is 0 Å². The third-order valence-electron chi connectivity index (χ3n) is 4.46. The number of aromatic nitrogens is 1. The third kappa shape index (κ3) is 2.88. The first-order valence-corrected chi connectivity index (χ1v) is 7.93. The molecule has 1 aliphatic rings. The molecule has 1 aliphatic carbocycles. The number of nitrogens with zero attached hydrogens (tertiary/aromatic N) is 2. The summed E-state index contributed by atoms with van der Waals surface area (Å²) in [5, 5.41) is 9.99. The predicted octanol–water partition coefficient (Wildman–Crippen LogP) is 3.44. The first kappa shape index (κ1) is 15.4. The Morgan fingerprint density at radius 3 is 2.82 bits per heavy atom. The van der Waals surface area contributed by atoms with Crippen LogP contribution in [0.3, 0.4) is 0 Å². The minimum atomic E-state index is -0.368. The molecule has 0 amide bonds. The number of oxazole rings is 1. The smallest absolute Gasteiger partial charge is 0.198 e. The van der Waals surface area contributed by atoms with Crippen molar-refractivity contribution in [3.63, 3.8) is 0 Å². The van der Waals surface area contributed by atoms with E-state index in [1.807, 2.05) is 27.0 Å². The van der Waals surface area contributed by atoms with Crippen molar-refractivity contribution in [1.29, 1.82) is 0 Å². The molecule has 1 fully saturated rings. The molecule has 3 rings (SSSR count). The number of hydrogen-bond donors (Lipinski definition) is 1. The maximum atomic E-state index is 14.2. The van der Waals surface area contributed by atoms with E-state index in [-0.39, 0.29) is 29.5 Å². The number of benzene rings is 1. The van der Waals surface area contributed by atoms with Crippen molar-refractivity contribution >= 4 is 11.1 Å². The van der Waals surface area contributed by atoms with Crippen molar-refractivity contribution in [1.82, 2.24) is 9.88 Å². The Morgan fingerprint density at radius 2 is 2.18 bits per heavy atom. The molecule has 1 N–H and O–H groups in total. The summed E-state index contributed by atoms with van der Waals surface area (Å²) >= 11 is 0. The molecule has 0 spiro atoms. The fourth-order valence-corrected chi connectivity index (χ4v) is 3.24. The summed E-state index contributed by atoms with van der Waals surface area (Å²) < 4.78 is 19.7. The van der Waals surface area contributed by atoms with Crippen LogP contribution in [0, 0.1) is 5.82 Å². The van der Waals surface area contributed by atoms with E-state index in [0.717, 1.165) is 24.8 Å². The Labute approximate surface area is 129 Å². The van der Waals surface area contributed by atoms with Crippen LogP contribution in [0.1, 0.15) is 50.5 Å². The van der Waals surface area contributed by atoms with Crippen LogP contribution in [0.15, 0.2) is 16.5 Å². The summed E-state index contributed by atoms with van der Waals surface area (Å²) in [6, 6.07) is 3.54. The molecule has 0 bridgehead atoms. The second-order valence-corrected chi connectivity index (χ2v) is 6.61. The molecule has 0 radical (unpaired) electrons. The van der Waals surface area contributed by atoms with E-state index in [1.54, 1.807) is 0 Å². The molecule has 0 unspecified atom stereocenters. The van der Waals surface area contributed by atoms with E-state index in [0.29, 0.717) is 18.0 Å². The number of halogens is 1. The standard InChI is InChI=1S/C17H23FN2O2/c1-10(2)17-19-13-8-11(7-12(18)16(13)22-17)9-20(3)14-5-4-6-15(14)21/h7-8,10,14-15,21H,4-6,9H2,1-3H3/t14-,15-/m0/s1. The predicted molar refractivity (Wildman–Crippen MR) is 83.2 cm³/mol. The van der Waals surface area contributed by atoms with Gasteiger partial charge < -0.3 is 9.52 Å². The highest BCUT2D eigenvalue weighted by Crippen LogP contribution is 2.27. The first-order valence-electron chi connectivity index (χ1n) is 7.93. The van der Waals surface area contributed by atoms with Gasteiger partial charge in [0.15, 0.2) is 17.3 Å². The Morgan fingerprint density at radius 1 is 1.41 bits per heavy atom. The molecule has 2 atom stereocenters. The van der Waals surface area contributed by atoms with Gasteiger partial charge in [0.1, 0.15) is 5.52 Å². The van der Waals surface area contributed by atoms with Crippen molar-refractivity contribution in [2.24, 2.45) is 0 Å². The van der Waals surface area contributed by atoms with E-state index < -0.39 is 0 Å².